The van der Waals surface area contributed by atoms with Gasteiger partial charge in [0.2, 0.25) is 0 Å². The monoisotopic (exact) mass is 680 g/mol. The van der Waals surface area contributed by atoms with Gasteiger partial charge in [-0.25, -0.2) is 0 Å². The van der Waals surface area contributed by atoms with Gasteiger partial charge in [0, 0.05) is 0 Å². The summed E-state index contributed by atoms with van der Waals surface area (Å²) in [7, 11) is -4.55. The molecular weight excluding hydrogens is 646 g/mol. The SMILES string of the molecule is N=P(c1ccccc1)(c1ccccc1)c1ccccc1.N=P(c1ccccc1)(c1ccccc1)c1ccccc1.O=[N+]([O-])O.O=[N+]([O-])O. The van der Waals surface area contributed by atoms with Gasteiger partial charge in [0.1, 0.15) is 0 Å². The Bertz CT molecular complexity index is 1580. The fourth-order valence-corrected chi connectivity index (χ4v) is 10.3. The second-order valence-electron chi connectivity index (χ2n) is 9.83. The van der Waals surface area contributed by atoms with Crippen molar-refractivity contribution in [2.45, 2.75) is 0 Å². The Kier molecular flexibility index (Phi) is 14.0. The third-order valence-electron chi connectivity index (χ3n) is 6.86. The summed E-state index contributed by atoms with van der Waals surface area (Å²) in [6.07, 6.45) is 0. The lowest BCUT2D eigenvalue weighted by Gasteiger charge is -2.24. The number of hydrogen-bond acceptors (Lipinski definition) is 6. The van der Waals surface area contributed by atoms with E-state index in [1.54, 1.807) is 0 Å². The Balaban J connectivity index is 0.000000213. The number of nitrogens with one attached hydrogen (secondary N) is 2. The summed E-state index contributed by atoms with van der Waals surface area (Å²) in [5, 5.41) is 52.4. The molecule has 0 aliphatic rings. The van der Waals surface area contributed by atoms with Gasteiger partial charge in [0.25, 0.3) is 10.2 Å². The molecule has 0 saturated heterocycles. The number of nitrogens with zero attached hydrogens (tertiary/aromatic N) is 2. The van der Waals surface area contributed by atoms with Crippen LogP contribution in [0.4, 0.5) is 0 Å². The van der Waals surface area contributed by atoms with Crippen molar-refractivity contribution in [3.63, 3.8) is 0 Å². The van der Waals surface area contributed by atoms with E-state index in [2.05, 4.69) is 72.8 Å². The van der Waals surface area contributed by atoms with Crippen LogP contribution >= 0.6 is 14.1 Å². The van der Waals surface area contributed by atoms with Gasteiger partial charge in [-0.3, -0.25) is 0 Å². The van der Waals surface area contributed by atoms with Gasteiger partial charge in [-0.05, 0) is 31.8 Å². The van der Waals surface area contributed by atoms with Crippen molar-refractivity contribution in [2.75, 3.05) is 0 Å². The van der Waals surface area contributed by atoms with Crippen LogP contribution in [0.3, 0.4) is 0 Å². The quantitative estimate of drug-likeness (QED) is 0.0856. The molecule has 0 amide bonds. The van der Waals surface area contributed by atoms with Gasteiger partial charge in [-0.2, -0.15) is 0 Å². The van der Waals surface area contributed by atoms with Crippen molar-refractivity contribution < 1.29 is 20.6 Å². The average Bonchev–Trinajstić information content (AvgIpc) is 3.13. The largest absolute Gasteiger partial charge is 0.328 e. The summed E-state index contributed by atoms with van der Waals surface area (Å²) >= 11 is 0. The summed E-state index contributed by atoms with van der Waals surface area (Å²) in [4.78, 5) is 16.7. The molecule has 4 N–H and O–H groups in total. The smallest absolute Gasteiger partial charge is 0.291 e. The fraction of sp³-hybridized carbons (Fsp3) is 0. The van der Waals surface area contributed by atoms with Crippen LogP contribution in [-0.4, -0.2) is 20.6 Å². The van der Waals surface area contributed by atoms with Crippen LogP contribution in [0.1, 0.15) is 0 Å². The fourth-order valence-electron chi connectivity index (χ4n) is 4.80. The molecule has 0 aliphatic carbocycles. The minimum atomic E-state index is -2.28. The van der Waals surface area contributed by atoms with Crippen LogP contribution in [0.15, 0.2) is 182 Å². The average molecular weight is 681 g/mol. The molecule has 0 radical (unpaired) electrons. The predicted molar refractivity (Wildman–Crippen MR) is 193 cm³/mol. The lowest BCUT2D eigenvalue weighted by atomic mass is 10.4. The third kappa shape index (κ3) is 10.1. The Morgan fingerprint density at radius 2 is 0.458 bits per heavy atom. The lowest BCUT2D eigenvalue weighted by Crippen LogP contribution is -2.24. The molecule has 0 fully saturated rings. The Hall–Kier alpha value is -5.82. The molecule has 0 aromatic heterocycles. The van der Waals surface area contributed by atoms with Gasteiger partial charge in [0.05, 0.1) is 14.1 Å². The van der Waals surface area contributed by atoms with E-state index in [0.29, 0.717) is 0 Å². The summed E-state index contributed by atoms with van der Waals surface area (Å²) in [6.45, 7) is 0. The first-order valence-electron chi connectivity index (χ1n) is 14.4. The summed E-state index contributed by atoms with van der Waals surface area (Å²) in [6, 6.07) is 61.1. The van der Waals surface area contributed by atoms with Crippen LogP contribution in [0.25, 0.3) is 0 Å². The van der Waals surface area contributed by atoms with E-state index in [-0.39, 0.29) is 0 Å². The molecule has 244 valence electrons. The van der Waals surface area contributed by atoms with Crippen LogP contribution in [0, 0.1) is 30.6 Å². The van der Waals surface area contributed by atoms with Crippen LogP contribution < -0.4 is 31.8 Å². The summed E-state index contributed by atoms with van der Waals surface area (Å²) in [5.74, 6) is 0. The van der Waals surface area contributed by atoms with Crippen LogP contribution in [0.2, 0.25) is 0 Å². The van der Waals surface area contributed by atoms with Crippen molar-refractivity contribution in [2.24, 2.45) is 0 Å². The molecule has 0 bridgehead atoms. The highest BCUT2D eigenvalue weighted by atomic mass is 31.2. The van der Waals surface area contributed by atoms with Crippen molar-refractivity contribution in [3.8, 4) is 0 Å². The maximum Gasteiger partial charge on any atom is 0.291 e. The molecule has 0 aliphatic heterocycles. The van der Waals surface area contributed by atoms with Crippen molar-refractivity contribution in [1.29, 1.82) is 10.3 Å². The number of benzene rings is 6. The summed E-state index contributed by atoms with van der Waals surface area (Å²) in [5.41, 5.74) is 0. The van der Waals surface area contributed by atoms with Gasteiger partial charge < -0.3 is 20.7 Å². The molecule has 6 rings (SSSR count). The van der Waals surface area contributed by atoms with Crippen LogP contribution in [-0.2, 0) is 0 Å². The highest BCUT2D eigenvalue weighted by Gasteiger charge is 2.25. The Morgan fingerprint density at radius 3 is 0.562 bits per heavy atom. The third-order valence-corrected chi connectivity index (χ3v) is 13.3. The minimum absolute atomic E-state index is 1.09. The van der Waals surface area contributed by atoms with E-state index in [4.69, 9.17) is 30.6 Å². The highest BCUT2D eigenvalue weighted by Crippen LogP contribution is 2.43. The standard InChI is InChI=1S/2C18H16NP.2HNO3/c2*19-20(16-10-4-1-5-11-16,17-12-6-2-7-13-17)18-14-8-3-9-15-18;2*2-1(3)4/h2*1-15,19H;2*(H,2,3,4). The van der Waals surface area contributed by atoms with Crippen LogP contribution in [0.5, 0.6) is 0 Å². The van der Waals surface area contributed by atoms with Crippen molar-refractivity contribution in [1.82, 2.24) is 0 Å². The minimum Gasteiger partial charge on any atom is -0.328 e. The van der Waals surface area contributed by atoms with E-state index < -0.39 is 24.3 Å². The molecule has 0 saturated carbocycles. The van der Waals surface area contributed by atoms with E-state index in [0.717, 1.165) is 31.8 Å². The summed E-state index contributed by atoms with van der Waals surface area (Å²) < 4.78 is 0. The zero-order valence-electron chi connectivity index (χ0n) is 25.6. The number of hydrogen-bond donors (Lipinski definition) is 4. The van der Waals surface area contributed by atoms with Gasteiger partial charge >= 0.3 is 0 Å². The predicted octanol–water partition coefficient (Wildman–Crippen LogP) is 6.79. The van der Waals surface area contributed by atoms with E-state index in [1.165, 1.54) is 0 Å². The molecule has 0 heterocycles. The Morgan fingerprint density at radius 1 is 0.354 bits per heavy atom. The first-order valence-corrected chi connectivity index (χ1v) is 18.0. The zero-order valence-corrected chi connectivity index (χ0v) is 27.4. The highest BCUT2D eigenvalue weighted by molar-refractivity contribution is 7.86. The second-order valence-corrected chi connectivity index (χ2v) is 15.6. The van der Waals surface area contributed by atoms with Gasteiger partial charge in [-0.1, -0.05) is 182 Å². The molecule has 48 heavy (non-hydrogen) atoms. The zero-order chi connectivity index (χ0) is 34.8. The van der Waals surface area contributed by atoms with E-state index in [9.17, 15) is 10.3 Å². The Labute approximate surface area is 278 Å². The van der Waals surface area contributed by atoms with Crippen molar-refractivity contribution in [3.05, 3.63) is 202 Å². The molecular formula is C36H34N4O6P2. The molecule has 0 unspecified atom stereocenters. The maximum atomic E-state index is 9.25. The van der Waals surface area contributed by atoms with E-state index in [1.807, 2.05) is 109 Å². The van der Waals surface area contributed by atoms with Gasteiger partial charge in [0.15, 0.2) is 0 Å². The topological polar surface area (TPSA) is 174 Å². The molecule has 6 aromatic rings. The van der Waals surface area contributed by atoms with Gasteiger partial charge in [-0.15, -0.1) is 20.2 Å². The van der Waals surface area contributed by atoms with Crippen molar-refractivity contribution >= 4 is 45.9 Å². The number of rotatable bonds is 6. The second kappa shape index (κ2) is 18.4. The van der Waals surface area contributed by atoms with E-state index >= 15 is 0 Å². The molecule has 6 aromatic carbocycles. The first kappa shape index (κ1) is 36.6. The molecule has 12 heteroatoms. The lowest BCUT2D eigenvalue weighted by molar-refractivity contribution is -0.742. The molecule has 0 spiro atoms. The molecule has 0 atom stereocenters. The maximum absolute atomic E-state index is 9.25. The normalized spacial score (nSPS) is 10.3. The first-order chi connectivity index (χ1) is 23.1. The molecule has 10 nitrogen and oxygen atoms in total.